The van der Waals surface area contributed by atoms with E-state index in [0.717, 1.165) is 5.33 Å². The predicted molar refractivity (Wildman–Crippen MR) is 78.2 cm³/mol. The van der Waals surface area contributed by atoms with Crippen molar-refractivity contribution in [3.05, 3.63) is 0 Å². The van der Waals surface area contributed by atoms with E-state index in [-0.39, 0.29) is 0 Å². The third-order valence-electron chi connectivity index (χ3n) is 3.43. The number of halogens is 1. The second-order valence-electron chi connectivity index (χ2n) is 5.25. The summed E-state index contributed by atoms with van der Waals surface area (Å²) in [6, 6.07) is 0. The molecule has 0 aliphatic carbocycles. The topological polar surface area (TPSA) is 0 Å². The summed E-state index contributed by atoms with van der Waals surface area (Å²) in [6.07, 6.45) is 9.60. The lowest BCUT2D eigenvalue weighted by Crippen LogP contribution is -2.46. The molecule has 2 heteroatoms. The van der Waals surface area contributed by atoms with Crippen molar-refractivity contribution in [1.82, 2.24) is 0 Å². The molecule has 0 rings (SSSR count). The van der Waals surface area contributed by atoms with Crippen molar-refractivity contribution in [1.29, 1.82) is 0 Å². The van der Waals surface area contributed by atoms with Crippen LogP contribution in [0.1, 0.15) is 58.8 Å². The monoisotopic (exact) mass is 292 g/mol. The molecule has 0 aliphatic heterocycles. The van der Waals surface area contributed by atoms with E-state index < -0.39 is 0 Å². The van der Waals surface area contributed by atoms with Crippen LogP contribution in [0.15, 0.2) is 0 Å². The fourth-order valence-corrected chi connectivity index (χ4v) is 2.51. The van der Waals surface area contributed by atoms with Gasteiger partial charge in [-0.3, -0.25) is 0 Å². The minimum absolute atomic E-state index is 1.16. The molecule has 98 valence electrons. The molecule has 0 aromatic carbocycles. The summed E-state index contributed by atoms with van der Waals surface area (Å²) < 4.78 is 1.30. The van der Waals surface area contributed by atoms with Crippen molar-refractivity contribution in [2.75, 3.05) is 32.0 Å². The van der Waals surface area contributed by atoms with E-state index >= 15 is 0 Å². The lowest BCUT2D eigenvalue weighted by atomic mass is 10.1. The molecule has 0 heterocycles. The number of quaternary nitrogens is 1. The first kappa shape index (κ1) is 16.4. The summed E-state index contributed by atoms with van der Waals surface area (Å²) in [6.45, 7) is 8.69. The van der Waals surface area contributed by atoms with E-state index in [1.54, 1.807) is 0 Å². The summed E-state index contributed by atoms with van der Waals surface area (Å²) in [5.41, 5.74) is 0. The van der Waals surface area contributed by atoms with E-state index in [4.69, 9.17) is 0 Å². The van der Waals surface area contributed by atoms with Crippen LogP contribution in [0.4, 0.5) is 0 Å². The molecule has 0 bridgehead atoms. The maximum absolute atomic E-state index is 3.56. The molecule has 1 nitrogen and oxygen atoms in total. The zero-order valence-corrected chi connectivity index (χ0v) is 13.2. The number of hydrogen-bond acceptors (Lipinski definition) is 0. The van der Waals surface area contributed by atoms with Gasteiger partial charge in [0.2, 0.25) is 0 Å². The van der Waals surface area contributed by atoms with Gasteiger partial charge in [-0.05, 0) is 25.7 Å². The zero-order chi connectivity index (χ0) is 12.3. The molecule has 0 amide bonds. The molecule has 0 unspecified atom stereocenters. The Morgan fingerprint density at radius 1 is 0.750 bits per heavy atom. The van der Waals surface area contributed by atoms with Crippen LogP contribution in [0, 0.1) is 0 Å². The summed E-state index contributed by atoms with van der Waals surface area (Å²) in [5.74, 6) is 0. The van der Waals surface area contributed by atoms with Crippen LogP contribution in [-0.4, -0.2) is 36.5 Å². The van der Waals surface area contributed by atoms with Crippen molar-refractivity contribution in [3.63, 3.8) is 0 Å². The fourth-order valence-electron chi connectivity index (χ4n) is 2.26. The Bertz CT molecular complexity index is 138. The first-order chi connectivity index (χ1) is 7.68. The van der Waals surface area contributed by atoms with Crippen LogP contribution < -0.4 is 0 Å². The summed E-state index contributed by atoms with van der Waals surface area (Å²) in [4.78, 5) is 0. The maximum atomic E-state index is 3.56. The molecule has 0 radical (unpaired) electrons. The summed E-state index contributed by atoms with van der Waals surface area (Å²) in [5, 5.41) is 1.16. The quantitative estimate of drug-likeness (QED) is 0.297. The van der Waals surface area contributed by atoms with Gasteiger partial charge in [0, 0.05) is 11.8 Å². The minimum Gasteiger partial charge on any atom is -0.326 e. The third kappa shape index (κ3) is 8.58. The molecule has 0 aliphatic rings. The Morgan fingerprint density at radius 2 is 1.19 bits per heavy atom. The first-order valence-electron chi connectivity index (χ1n) is 7.08. The SMILES string of the molecule is CCCCC[N+](C)(CCCBr)CCCCC. The van der Waals surface area contributed by atoms with Crippen molar-refractivity contribution in [3.8, 4) is 0 Å². The van der Waals surface area contributed by atoms with Gasteiger partial charge in [0.1, 0.15) is 0 Å². The van der Waals surface area contributed by atoms with Gasteiger partial charge in [-0.25, -0.2) is 0 Å². The van der Waals surface area contributed by atoms with E-state index in [1.165, 1.54) is 69.1 Å². The second-order valence-corrected chi connectivity index (χ2v) is 6.04. The highest BCUT2D eigenvalue weighted by Gasteiger charge is 2.19. The molecule has 0 aromatic heterocycles. The van der Waals surface area contributed by atoms with E-state index in [2.05, 4.69) is 36.8 Å². The van der Waals surface area contributed by atoms with Crippen LogP contribution in [0.3, 0.4) is 0 Å². The first-order valence-corrected chi connectivity index (χ1v) is 8.20. The average Bonchev–Trinajstić information content (AvgIpc) is 2.27. The van der Waals surface area contributed by atoms with Gasteiger partial charge < -0.3 is 4.48 Å². The smallest absolute Gasteiger partial charge is 0.0792 e. The molecule has 0 saturated carbocycles. The lowest BCUT2D eigenvalue weighted by molar-refractivity contribution is -0.910. The highest BCUT2D eigenvalue weighted by atomic mass is 79.9. The summed E-state index contributed by atoms with van der Waals surface area (Å²) >= 11 is 3.56. The van der Waals surface area contributed by atoms with Crippen molar-refractivity contribution in [2.24, 2.45) is 0 Å². The fraction of sp³-hybridized carbons (Fsp3) is 1.00. The minimum atomic E-state index is 1.16. The predicted octanol–water partition coefficient (Wildman–Crippen LogP) is 4.60. The second kappa shape index (κ2) is 10.6. The Kier molecular flexibility index (Phi) is 10.9. The number of nitrogens with zero attached hydrogens (tertiary/aromatic N) is 1. The van der Waals surface area contributed by atoms with Crippen LogP contribution in [0.5, 0.6) is 0 Å². The molecule has 0 saturated heterocycles. The van der Waals surface area contributed by atoms with Crippen molar-refractivity contribution < 1.29 is 4.48 Å². The molecule has 16 heavy (non-hydrogen) atoms. The lowest BCUT2D eigenvalue weighted by Gasteiger charge is -2.35. The molecule has 0 fully saturated rings. The van der Waals surface area contributed by atoms with Gasteiger partial charge in [0.15, 0.2) is 0 Å². The van der Waals surface area contributed by atoms with Crippen molar-refractivity contribution >= 4 is 15.9 Å². The number of unbranched alkanes of at least 4 members (excludes halogenated alkanes) is 4. The molecule has 0 N–H and O–H groups in total. The number of alkyl halides is 1. The summed E-state index contributed by atoms with van der Waals surface area (Å²) in [7, 11) is 2.45. The van der Waals surface area contributed by atoms with E-state index in [1.807, 2.05) is 0 Å². The number of hydrogen-bond donors (Lipinski definition) is 0. The number of rotatable bonds is 11. The largest absolute Gasteiger partial charge is 0.326 e. The van der Waals surface area contributed by atoms with Gasteiger partial charge >= 0.3 is 0 Å². The van der Waals surface area contributed by atoms with Gasteiger partial charge in [0.05, 0.1) is 26.7 Å². The molecular weight excluding hydrogens is 262 g/mol. The Morgan fingerprint density at radius 3 is 1.56 bits per heavy atom. The standard InChI is InChI=1S/C14H31BrN/c1-4-6-8-12-16(3,14-10-11-15)13-9-7-5-2/h4-14H2,1-3H3/q+1. The van der Waals surface area contributed by atoms with Crippen molar-refractivity contribution in [2.45, 2.75) is 58.8 Å². The van der Waals surface area contributed by atoms with E-state index in [0.29, 0.717) is 0 Å². The highest BCUT2D eigenvalue weighted by molar-refractivity contribution is 9.09. The molecule has 0 atom stereocenters. The van der Waals surface area contributed by atoms with Gasteiger partial charge in [-0.15, -0.1) is 0 Å². The highest BCUT2D eigenvalue weighted by Crippen LogP contribution is 2.12. The van der Waals surface area contributed by atoms with Gasteiger partial charge in [-0.2, -0.15) is 0 Å². The Hall–Kier alpha value is 0.440. The van der Waals surface area contributed by atoms with Crippen LogP contribution >= 0.6 is 15.9 Å². The van der Waals surface area contributed by atoms with Crippen LogP contribution in [-0.2, 0) is 0 Å². The zero-order valence-electron chi connectivity index (χ0n) is 11.6. The Balaban J connectivity index is 3.91. The normalized spacial score (nSPS) is 12.0. The average molecular weight is 293 g/mol. The van der Waals surface area contributed by atoms with Gasteiger partial charge in [0.25, 0.3) is 0 Å². The maximum Gasteiger partial charge on any atom is 0.0792 e. The molecular formula is C14H31BrN+. The Labute approximate surface area is 111 Å². The van der Waals surface area contributed by atoms with E-state index in [9.17, 15) is 0 Å². The van der Waals surface area contributed by atoms with Crippen LogP contribution in [0.25, 0.3) is 0 Å². The van der Waals surface area contributed by atoms with Gasteiger partial charge in [-0.1, -0.05) is 42.6 Å². The third-order valence-corrected chi connectivity index (χ3v) is 4.00. The molecule has 0 spiro atoms. The molecule has 0 aromatic rings. The van der Waals surface area contributed by atoms with Crippen LogP contribution in [0.2, 0.25) is 0 Å².